The number of carbonyl (C=O) groups is 1. The Morgan fingerprint density at radius 1 is 1.19 bits per heavy atom. The summed E-state index contributed by atoms with van der Waals surface area (Å²) in [6.45, 7) is 2.69. The van der Waals surface area contributed by atoms with Crippen LogP contribution >= 0.6 is 27.5 Å². The molecule has 0 atom stereocenters. The van der Waals surface area contributed by atoms with Crippen molar-refractivity contribution < 1.29 is 14.3 Å². The summed E-state index contributed by atoms with van der Waals surface area (Å²) in [5.41, 5.74) is 1.40. The van der Waals surface area contributed by atoms with E-state index in [2.05, 4.69) is 15.9 Å². The second-order valence-corrected chi connectivity index (χ2v) is 5.51. The highest BCUT2D eigenvalue weighted by molar-refractivity contribution is 9.10. The normalized spacial score (nSPS) is 10.2. The van der Waals surface area contributed by atoms with E-state index in [4.69, 9.17) is 21.1 Å². The van der Waals surface area contributed by atoms with Crippen molar-refractivity contribution in [2.45, 2.75) is 13.5 Å². The summed E-state index contributed by atoms with van der Waals surface area (Å²) in [7, 11) is 0. The van der Waals surface area contributed by atoms with Gasteiger partial charge < -0.3 is 9.47 Å². The van der Waals surface area contributed by atoms with E-state index in [0.717, 1.165) is 11.8 Å². The molecule has 0 saturated heterocycles. The zero-order valence-electron chi connectivity index (χ0n) is 11.4. The number of ether oxygens (including phenoxy) is 2. The van der Waals surface area contributed by atoms with Gasteiger partial charge in [-0.25, -0.2) is 0 Å². The van der Waals surface area contributed by atoms with Crippen LogP contribution in [0.4, 0.5) is 0 Å². The third-order valence-corrected chi connectivity index (χ3v) is 3.89. The summed E-state index contributed by atoms with van der Waals surface area (Å²) in [5.74, 6) is 1.10. The molecule has 2 aromatic carbocycles. The molecule has 0 unspecified atom stereocenters. The van der Waals surface area contributed by atoms with E-state index < -0.39 is 0 Å². The van der Waals surface area contributed by atoms with E-state index in [9.17, 15) is 4.79 Å². The molecule has 0 amide bonds. The Bertz CT molecular complexity index is 643. The van der Waals surface area contributed by atoms with Crippen molar-refractivity contribution in [3.63, 3.8) is 0 Å². The Morgan fingerprint density at radius 3 is 2.57 bits per heavy atom. The van der Waals surface area contributed by atoms with Gasteiger partial charge in [0.25, 0.3) is 0 Å². The van der Waals surface area contributed by atoms with Crippen molar-refractivity contribution >= 4 is 33.8 Å². The van der Waals surface area contributed by atoms with Gasteiger partial charge in [0.05, 0.1) is 6.61 Å². The fourth-order valence-electron chi connectivity index (χ4n) is 1.79. The first kappa shape index (κ1) is 15.9. The maximum atomic E-state index is 11.0. The van der Waals surface area contributed by atoms with Crippen molar-refractivity contribution in [2.24, 2.45) is 0 Å². The average Bonchev–Trinajstić information content (AvgIpc) is 2.48. The number of hydrogen-bond acceptors (Lipinski definition) is 3. The first-order valence-electron chi connectivity index (χ1n) is 6.43. The molecule has 2 aromatic rings. The van der Waals surface area contributed by atoms with Gasteiger partial charge in [-0.2, -0.15) is 0 Å². The second-order valence-electron chi connectivity index (χ2n) is 4.25. The summed E-state index contributed by atoms with van der Waals surface area (Å²) >= 11 is 9.44. The molecule has 2 rings (SSSR count). The van der Waals surface area contributed by atoms with E-state index in [1.54, 1.807) is 12.1 Å². The number of aldehydes is 1. The minimum Gasteiger partial charge on any atom is -0.490 e. The highest BCUT2D eigenvalue weighted by Crippen LogP contribution is 2.34. The molecule has 0 aliphatic heterocycles. The summed E-state index contributed by atoms with van der Waals surface area (Å²) in [6, 6.07) is 10.9. The summed E-state index contributed by atoms with van der Waals surface area (Å²) in [4.78, 5) is 11.0. The monoisotopic (exact) mass is 368 g/mol. The van der Waals surface area contributed by atoms with Crippen LogP contribution in [-0.2, 0) is 6.61 Å². The van der Waals surface area contributed by atoms with E-state index in [0.29, 0.717) is 39.8 Å². The Labute approximate surface area is 137 Å². The molecule has 0 aliphatic rings. The lowest BCUT2D eigenvalue weighted by molar-refractivity contribution is 0.112. The molecule has 0 aromatic heterocycles. The molecule has 0 heterocycles. The van der Waals surface area contributed by atoms with Gasteiger partial charge in [0.1, 0.15) is 6.61 Å². The Kier molecular flexibility index (Phi) is 5.65. The molecule has 3 nitrogen and oxygen atoms in total. The molecule has 0 saturated carbocycles. The molecule has 0 bridgehead atoms. The van der Waals surface area contributed by atoms with Crippen LogP contribution in [0.15, 0.2) is 40.9 Å². The molecule has 0 radical (unpaired) electrons. The van der Waals surface area contributed by atoms with Gasteiger partial charge in [0, 0.05) is 20.6 Å². The third-order valence-electron chi connectivity index (χ3n) is 2.83. The van der Waals surface area contributed by atoms with E-state index in [1.807, 2.05) is 31.2 Å². The topological polar surface area (TPSA) is 35.5 Å². The minimum absolute atomic E-state index is 0.326. The standard InChI is InChI=1S/C16H14BrClO3/c1-2-20-15-7-12(9-19)13(17)8-16(15)21-10-11-5-3-4-6-14(11)18/h3-9H,2,10H2,1H3. The predicted octanol–water partition coefficient (Wildman–Crippen LogP) is 4.89. The number of hydrogen-bond donors (Lipinski definition) is 0. The minimum atomic E-state index is 0.326. The maximum absolute atomic E-state index is 11.0. The Hall–Kier alpha value is -1.52. The first-order valence-corrected chi connectivity index (χ1v) is 7.60. The smallest absolute Gasteiger partial charge is 0.162 e. The van der Waals surface area contributed by atoms with Crippen molar-refractivity contribution in [1.82, 2.24) is 0 Å². The molecule has 0 fully saturated rings. The molecule has 5 heteroatoms. The quantitative estimate of drug-likeness (QED) is 0.680. The van der Waals surface area contributed by atoms with E-state index >= 15 is 0 Å². The number of rotatable bonds is 6. The lowest BCUT2D eigenvalue weighted by Gasteiger charge is -2.14. The molecule has 0 N–H and O–H groups in total. The molecule has 0 aliphatic carbocycles. The van der Waals surface area contributed by atoms with Crippen LogP contribution in [0, 0.1) is 0 Å². The van der Waals surface area contributed by atoms with Crippen molar-refractivity contribution in [3.05, 3.63) is 57.0 Å². The van der Waals surface area contributed by atoms with Crippen LogP contribution in [0.2, 0.25) is 5.02 Å². The maximum Gasteiger partial charge on any atom is 0.162 e. The highest BCUT2D eigenvalue weighted by atomic mass is 79.9. The largest absolute Gasteiger partial charge is 0.490 e. The van der Waals surface area contributed by atoms with Gasteiger partial charge in [0.15, 0.2) is 17.8 Å². The van der Waals surface area contributed by atoms with Crippen LogP contribution in [0.3, 0.4) is 0 Å². The predicted molar refractivity (Wildman–Crippen MR) is 86.5 cm³/mol. The zero-order chi connectivity index (χ0) is 15.2. The Balaban J connectivity index is 2.24. The summed E-state index contributed by atoms with van der Waals surface area (Å²) < 4.78 is 12.0. The first-order chi connectivity index (χ1) is 10.2. The van der Waals surface area contributed by atoms with Crippen molar-refractivity contribution in [2.75, 3.05) is 6.61 Å². The molecule has 21 heavy (non-hydrogen) atoms. The molecular formula is C16H14BrClO3. The van der Waals surface area contributed by atoms with Gasteiger partial charge in [-0.15, -0.1) is 0 Å². The van der Waals surface area contributed by atoms with E-state index in [-0.39, 0.29) is 0 Å². The third kappa shape index (κ3) is 3.99. The van der Waals surface area contributed by atoms with E-state index in [1.165, 1.54) is 0 Å². The van der Waals surface area contributed by atoms with Crippen molar-refractivity contribution in [1.29, 1.82) is 0 Å². The molecular weight excluding hydrogens is 356 g/mol. The van der Waals surface area contributed by atoms with Crippen LogP contribution in [-0.4, -0.2) is 12.9 Å². The van der Waals surface area contributed by atoms with Gasteiger partial charge in [-0.1, -0.05) is 29.8 Å². The number of carbonyl (C=O) groups excluding carboxylic acids is 1. The van der Waals surface area contributed by atoms with Gasteiger partial charge >= 0.3 is 0 Å². The number of halogens is 2. The Morgan fingerprint density at radius 2 is 1.90 bits per heavy atom. The summed E-state index contributed by atoms with van der Waals surface area (Å²) in [5, 5.41) is 0.652. The zero-order valence-corrected chi connectivity index (χ0v) is 13.8. The number of benzene rings is 2. The summed E-state index contributed by atoms with van der Waals surface area (Å²) in [6.07, 6.45) is 0.768. The lowest BCUT2D eigenvalue weighted by Crippen LogP contribution is -2.01. The van der Waals surface area contributed by atoms with Crippen LogP contribution in [0.1, 0.15) is 22.8 Å². The van der Waals surface area contributed by atoms with Gasteiger partial charge in [-0.05, 0) is 41.1 Å². The van der Waals surface area contributed by atoms with Gasteiger partial charge in [0.2, 0.25) is 0 Å². The lowest BCUT2D eigenvalue weighted by atomic mass is 10.2. The van der Waals surface area contributed by atoms with Crippen LogP contribution in [0.25, 0.3) is 0 Å². The highest BCUT2D eigenvalue weighted by Gasteiger charge is 2.11. The average molecular weight is 370 g/mol. The molecule has 0 spiro atoms. The van der Waals surface area contributed by atoms with Crippen molar-refractivity contribution in [3.8, 4) is 11.5 Å². The molecule has 110 valence electrons. The fourth-order valence-corrected chi connectivity index (χ4v) is 2.40. The van der Waals surface area contributed by atoms with Crippen LogP contribution in [0.5, 0.6) is 11.5 Å². The van der Waals surface area contributed by atoms with Crippen LogP contribution < -0.4 is 9.47 Å². The fraction of sp³-hybridized carbons (Fsp3) is 0.188. The van der Waals surface area contributed by atoms with Gasteiger partial charge in [-0.3, -0.25) is 4.79 Å². The SMILES string of the molecule is CCOc1cc(C=O)c(Br)cc1OCc1ccccc1Cl. The second kappa shape index (κ2) is 7.48.